The molecule has 140 valence electrons. The molecule has 1 aromatic carbocycles. The van der Waals surface area contributed by atoms with Gasteiger partial charge in [-0.15, -0.1) is 0 Å². The predicted octanol–water partition coefficient (Wildman–Crippen LogP) is 0.578. The second-order valence-corrected chi connectivity index (χ2v) is 9.70. The number of nitrogens with zero attached hydrogens (tertiary/aromatic N) is 3. The lowest BCUT2D eigenvalue weighted by Gasteiger charge is -2.26. The van der Waals surface area contributed by atoms with Gasteiger partial charge in [-0.25, -0.2) is 8.42 Å². The molecule has 3 aliphatic rings. The molecule has 0 radical (unpaired) electrons. The molecule has 0 aromatic heterocycles. The fourth-order valence-electron chi connectivity index (χ4n) is 3.23. The van der Waals surface area contributed by atoms with Crippen molar-refractivity contribution in [3.8, 4) is 11.5 Å². The Bertz CT molecular complexity index is 884. The van der Waals surface area contributed by atoms with E-state index in [1.54, 1.807) is 14.1 Å². The van der Waals surface area contributed by atoms with Gasteiger partial charge in [-0.2, -0.15) is 0 Å². The average molecular weight is 397 g/mol. The molecule has 1 fully saturated rings. The normalized spacial score (nSPS) is 25.2. The van der Waals surface area contributed by atoms with Crippen molar-refractivity contribution in [2.24, 2.45) is 4.99 Å². The third-order valence-electron chi connectivity index (χ3n) is 4.57. The summed E-state index contributed by atoms with van der Waals surface area (Å²) < 4.78 is 34.9. The minimum absolute atomic E-state index is 0.0204. The van der Waals surface area contributed by atoms with Gasteiger partial charge in [0.1, 0.15) is 0 Å². The smallest absolute Gasteiger partial charge is 0.232 e. The van der Waals surface area contributed by atoms with Gasteiger partial charge in [0, 0.05) is 25.8 Å². The van der Waals surface area contributed by atoms with Gasteiger partial charge in [0.2, 0.25) is 12.7 Å². The summed E-state index contributed by atoms with van der Waals surface area (Å²) in [6, 6.07) is 4.95. The summed E-state index contributed by atoms with van der Waals surface area (Å²) >= 11 is 1.33. The Morgan fingerprint density at radius 2 is 2.08 bits per heavy atom. The number of hydrogen-bond donors (Lipinski definition) is 0. The van der Waals surface area contributed by atoms with Crippen molar-refractivity contribution in [3.05, 3.63) is 18.2 Å². The molecule has 8 nitrogen and oxygen atoms in total. The zero-order valence-corrected chi connectivity index (χ0v) is 16.0. The van der Waals surface area contributed by atoms with Crippen LogP contribution in [0.2, 0.25) is 0 Å². The molecule has 0 N–H and O–H groups in total. The summed E-state index contributed by atoms with van der Waals surface area (Å²) in [5, 5.41) is 0.670. The lowest BCUT2D eigenvalue weighted by molar-refractivity contribution is -0.125. The van der Waals surface area contributed by atoms with Crippen LogP contribution in [0.4, 0.5) is 5.69 Å². The number of benzene rings is 1. The Kier molecular flexibility index (Phi) is 4.26. The number of sulfone groups is 1. The summed E-state index contributed by atoms with van der Waals surface area (Å²) in [6.45, 7) is 0.173. The first-order valence-corrected chi connectivity index (χ1v) is 10.9. The third kappa shape index (κ3) is 3.11. The second-order valence-electron chi connectivity index (χ2n) is 6.61. The number of thioether (sulfide) groups is 1. The van der Waals surface area contributed by atoms with Gasteiger partial charge in [-0.3, -0.25) is 9.79 Å². The van der Waals surface area contributed by atoms with Crippen LogP contribution in [0, 0.1) is 0 Å². The van der Waals surface area contributed by atoms with Crippen molar-refractivity contribution < 1.29 is 22.7 Å². The van der Waals surface area contributed by atoms with Crippen LogP contribution in [0.3, 0.4) is 0 Å². The zero-order chi connectivity index (χ0) is 18.5. The van der Waals surface area contributed by atoms with Crippen LogP contribution in [0.25, 0.3) is 0 Å². The number of rotatable bonds is 3. The number of ether oxygens (including phenoxy) is 2. The van der Waals surface area contributed by atoms with Crippen LogP contribution in [-0.2, 0) is 14.6 Å². The number of anilines is 1. The topological polar surface area (TPSA) is 88.5 Å². The number of amides is 1. The Morgan fingerprint density at radius 1 is 1.31 bits per heavy atom. The summed E-state index contributed by atoms with van der Waals surface area (Å²) in [5.41, 5.74) is 0.794. The molecule has 0 aliphatic carbocycles. The number of hydrogen-bond acceptors (Lipinski definition) is 8. The lowest BCUT2D eigenvalue weighted by atomic mass is 10.1. The average Bonchev–Trinajstić information content (AvgIpc) is 3.23. The van der Waals surface area contributed by atoms with Crippen molar-refractivity contribution >= 4 is 38.4 Å². The number of amidine groups is 1. The highest BCUT2D eigenvalue weighted by Gasteiger charge is 2.47. The number of carbonyl (C=O) groups is 1. The quantitative estimate of drug-likeness (QED) is 0.737. The standard InChI is InChI=1S/C16H19N3O5S2/c1-18(2)15(20)6-25-16-17-11-7-26(21,22)8-12(11)19(16)10-3-4-13-14(5-10)24-9-23-13/h3-5,11-12H,6-9H2,1-2H3/t11-,12+/m0/s1. The van der Waals surface area contributed by atoms with Gasteiger partial charge in [0.05, 0.1) is 29.3 Å². The maximum atomic E-state index is 12.1. The molecule has 0 saturated carbocycles. The molecule has 3 heterocycles. The molecule has 10 heteroatoms. The highest BCUT2D eigenvalue weighted by molar-refractivity contribution is 8.14. The predicted molar refractivity (Wildman–Crippen MR) is 99.9 cm³/mol. The van der Waals surface area contributed by atoms with Crippen LogP contribution in [0.15, 0.2) is 23.2 Å². The Hall–Kier alpha value is -1.94. The van der Waals surface area contributed by atoms with E-state index in [0.29, 0.717) is 16.7 Å². The van der Waals surface area contributed by atoms with Crippen molar-refractivity contribution in [2.75, 3.05) is 43.0 Å². The zero-order valence-electron chi connectivity index (χ0n) is 14.4. The molecular weight excluding hydrogens is 378 g/mol. The van der Waals surface area contributed by atoms with Crippen molar-refractivity contribution in [2.45, 2.75) is 12.1 Å². The van der Waals surface area contributed by atoms with E-state index in [4.69, 9.17) is 9.47 Å². The molecule has 3 aliphatic heterocycles. The van der Waals surface area contributed by atoms with E-state index in [9.17, 15) is 13.2 Å². The minimum Gasteiger partial charge on any atom is -0.454 e. The molecular formula is C16H19N3O5S2. The van der Waals surface area contributed by atoms with Gasteiger partial charge in [-0.05, 0) is 12.1 Å². The molecule has 0 spiro atoms. The minimum atomic E-state index is -3.12. The fraction of sp³-hybridized carbons (Fsp3) is 0.500. The van der Waals surface area contributed by atoms with E-state index in [0.717, 1.165) is 5.69 Å². The Morgan fingerprint density at radius 3 is 2.85 bits per heavy atom. The Balaban J connectivity index is 1.64. The van der Waals surface area contributed by atoms with Crippen LogP contribution in [0.5, 0.6) is 11.5 Å². The van der Waals surface area contributed by atoms with Crippen molar-refractivity contribution in [1.82, 2.24) is 4.90 Å². The maximum Gasteiger partial charge on any atom is 0.232 e. The molecule has 0 unspecified atom stereocenters. The molecule has 2 atom stereocenters. The molecule has 1 aromatic rings. The van der Waals surface area contributed by atoms with Crippen molar-refractivity contribution in [1.29, 1.82) is 0 Å². The van der Waals surface area contributed by atoms with Crippen LogP contribution in [0.1, 0.15) is 0 Å². The van der Waals surface area contributed by atoms with Gasteiger partial charge < -0.3 is 19.3 Å². The molecule has 4 rings (SSSR count). The van der Waals surface area contributed by atoms with Gasteiger partial charge in [-0.1, -0.05) is 11.8 Å². The van der Waals surface area contributed by atoms with E-state index in [1.807, 2.05) is 23.1 Å². The first-order chi connectivity index (χ1) is 12.3. The summed E-state index contributed by atoms with van der Waals surface area (Å²) in [5.74, 6) is 1.62. The number of aliphatic imine (C=N–C) groups is 1. The number of carbonyl (C=O) groups excluding carboxylic acids is 1. The highest BCUT2D eigenvalue weighted by Crippen LogP contribution is 2.40. The first kappa shape index (κ1) is 17.5. The first-order valence-electron chi connectivity index (χ1n) is 8.14. The number of fused-ring (bicyclic) bond motifs is 2. The third-order valence-corrected chi connectivity index (χ3v) is 7.22. The van der Waals surface area contributed by atoms with Crippen molar-refractivity contribution in [3.63, 3.8) is 0 Å². The maximum absolute atomic E-state index is 12.1. The highest BCUT2D eigenvalue weighted by atomic mass is 32.2. The second kappa shape index (κ2) is 6.34. The van der Waals surface area contributed by atoms with E-state index >= 15 is 0 Å². The molecule has 1 saturated heterocycles. The molecule has 26 heavy (non-hydrogen) atoms. The monoisotopic (exact) mass is 397 g/mol. The molecule has 1 amide bonds. The summed E-state index contributed by atoms with van der Waals surface area (Å²) in [7, 11) is 0.294. The van der Waals surface area contributed by atoms with Crippen LogP contribution < -0.4 is 14.4 Å². The van der Waals surface area contributed by atoms with Crippen LogP contribution >= 0.6 is 11.8 Å². The Labute approximate surface area is 156 Å². The van der Waals surface area contributed by atoms with E-state index in [1.165, 1.54) is 16.7 Å². The van der Waals surface area contributed by atoms with E-state index in [2.05, 4.69) is 4.99 Å². The summed E-state index contributed by atoms with van der Waals surface area (Å²) in [6.07, 6.45) is 0. The van der Waals surface area contributed by atoms with Gasteiger partial charge >= 0.3 is 0 Å². The van der Waals surface area contributed by atoms with E-state index in [-0.39, 0.29) is 42.0 Å². The summed E-state index contributed by atoms with van der Waals surface area (Å²) in [4.78, 5) is 20.0. The lowest BCUT2D eigenvalue weighted by Crippen LogP contribution is -2.39. The molecule has 0 bridgehead atoms. The largest absolute Gasteiger partial charge is 0.454 e. The SMILES string of the molecule is CN(C)C(=O)CSC1=N[C@H]2CS(=O)(=O)C[C@H]2N1c1ccc2c(c1)OCO2. The van der Waals surface area contributed by atoms with E-state index < -0.39 is 9.84 Å². The van der Waals surface area contributed by atoms with Gasteiger partial charge in [0.25, 0.3) is 0 Å². The van der Waals surface area contributed by atoms with Crippen LogP contribution in [-0.4, -0.2) is 74.6 Å². The fourth-order valence-corrected chi connectivity index (χ4v) is 6.17. The van der Waals surface area contributed by atoms with Gasteiger partial charge in [0.15, 0.2) is 26.5 Å².